The third kappa shape index (κ3) is 1.16. The van der Waals surface area contributed by atoms with Gasteiger partial charge in [-0.25, -0.2) is 0 Å². The van der Waals surface area contributed by atoms with Crippen LogP contribution in [0.15, 0.2) is 0 Å². The molecule has 0 aromatic carbocycles. The summed E-state index contributed by atoms with van der Waals surface area (Å²) in [5, 5.41) is 7.10. The van der Waals surface area contributed by atoms with Gasteiger partial charge in [0.15, 0.2) is 0 Å². The van der Waals surface area contributed by atoms with Crippen molar-refractivity contribution in [2.45, 2.75) is 30.3 Å². The van der Waals surface area contributed by atoms with Gasteiger partial charge in [-0.15, -0.1) is 11.8 Å². The number of rotatable bonds is 0. The molecule has 3 aliphatic rings. The highest BCUT2D eigenvalue weighted by molar-refractivity contribution is 8.00. The van der Waals surface area contributed by atoms with Crippen LogP contribution >= 0.6 is 11.8 Å². The maximum Gasteiger partial charge on any atom is 0.0756 e. The molecule has 0 spiro atoms. The second-order valence-corrected chi connectivity index (χ2v) is 6.02. The van der Waals surface area contributed by atoms with Gasteiger partial charge in [0.1, 0.15) is 0 Å². The molecule has 0 radical (unpaired) electrons. The maximum absolute atomic E-state index is 3.62. The topological polar surface area (TPSA) is 27.3 Å². The smallest absolute Gasteiger partial charge is 0.0756 e. The molecule has 4 heteroatoms. The Labute approximate surface area is 83.6 Å². The van der Waals surface area contributed by atoms with E-state index in [2.05, 4.69) is 34.2 Å². The highest BCUT2D eigenvalue weighted by Gasteiger charge is 2.52. The fourth-order valence-electron chi connectivity index (χ4n) is 2.99. The summed E-state index contributed by atoms with van der Waals surface area (Å²) in [6, 6.07) is 0.782. The van der Waals surface area contributed by atoms with Gasteiger partial charge in [0, 0.05) is 36.3 Å². The van der Waals surface area contributed by atoms with Crippen LogP contribution in [0.4, 0.5) is 0 Å². The summed E-state index contributed by atoms with van der Waals surface area (Å²) >= 11 is 2.10. The summed E-state index contributed by atoms with van der Waals surface area (Å²) in [4.78, 5) is 2.66. The minimum absolute atomic E-state index is 0.483. The molecule has 0 aromatic rings. The normalized spacial score (nSPS) is 50.5. The molecule has 74 valence electrons. The van der Waals surface area contributed by atoms with E-state index in [1.165, 1.54) is 19.5 Å². The molecule has 3 unspecified atom stereocenters. The number of hydrogen-bond acceptors (Lipinski definition) is 4. The van der Waals surface area contributed by atoms with Crippen molar-refractivity contribution in [3.63, 3.8) is 0 Å². The summed E-state index contributed by atoms with van der Waals surface area (Å²) in [6.07, 6.45) is 1.99. The highest BCUT2D eigenvalue weighted by atomic mass is 32.2. The molecule has 0 aromatic heterocycles. The van der Waals surface area contributed by atoms with Crippen LogP contribution in [-0.2, 0) is 0 Å². The number of fused-ring (bicyclic) bond motifs is 3. The zero-order valence-electron chi connectivity index (χ0n) is 8.05. The van der Waals surface area contributed by atoms with E-state index >= 15 is 0 Å². The predicted molar refractivity (Wildman–Crippen MR) is 55.8 cm³/mol. The van der Waals surface area contributed by atoms with Gasteiger partial charge in [0.2, 0.25) is 0 Å². The molecular formula is C9H17N3S. The molecule has 13 heavy (non-hydrogen) atoms. The fourth-order valence-corrected chi connectivity index (χ4v) is 4.25. The molecule has 3 saturated heterocycles. The largest absolute Gasteiger partial charge is 0.314 e. The zero-order valence-corrected chi connectivity index (χ0v) is 8.86. The highest BCUT2D eigenvalue weighted by Crippen LogP contribution is 2.45. The molecule has 3 rings (SSSR count). The zero-order chi connectivity index (χ0) is 8.89. The van der Waals surface area contributed by atoms with Crippen LogP contribution in [0, 0.1) is 0 Å². The summed E-state index contributed by atoms with van der Waals surface area (Å²) in [5.41, 5.74) is 0. The van der Waals surface area contributed by atoms with Crippen LogP contribution in [0.2, 0.25) is 0 Å². The van der Waals surface area contributed by atoms with Crippen molar-refractivity contribution in [2.24, 2.45) is 0 Å². The Morgan fingerprint density at radius 2 is 2.46 bits per heavy atom. The molecule has 3 atom stereocenters. The van der Waals surface area contributed by atoms with Gasteiger partial charge < -0.3 is 5.32 Å². The Morgan fingerprint density at radius 3 is 3.38 bits per heavy atom. The monoisotopic (exact) mass is 199 g/mol. The van der Waals surface area contributed by atoms with Crippen molar-refractivity contribution in [2.75, 3.05) is 25.5 Å². The Bertz CT molecular complexity index is 223. The summed E-state index contributed by atoms with van der Waals surface area (Å²) in [5.74, 6) is 1.14. The molecule has 3 nitrogen and oxygen atoms in total. The van der Waals surface area contributed by atoms with E-state index in [0.717, 1.165) is 18.5 Å². The number of thioether (sulfide) groups is 1. The van der Waals surface area contributed by atoms with Gasteiger partial charge >= 0.3 is 0 Å². The van der Waals surface area contributed by atoms with Crippen molar-refractivity contribution in [3.05, 3.63) is 0 Å². The van der Waals surface area contributed by atoms with Crippen LogP contribution in [0.3, 0.4) is 0 Å². The third-order valence-electron chi connectivity index (χ3n) is 3.63. The molecule has 0 saturated carbocycles. The predicted octanol–water partition coefficient (Wildman–Crippen LogP) is 0.0426. The SMILES string of the molecule is CC12CC3CNCCN3C1NCS2. The quantitative estimate of drug-likeness (QED) is 0.576. The van der Waals surface area contributed by atoms with E-state index in [1.807, 2.05) is 0 Å². The van der Waals surface area contributed by atoms with Crippen molar-refractivity contribution < 1.29 is 0 Å². The average molecular weight is 199 g/mol. The first kappa shape index (κ1) is 8.53. The minimum atomic E-state index is 0.483. The second-order valence-electron chi connectivity index (χ2n) is 4.51. The lowest BCUT2D eigenvalue weighted by Crippen LogP contribution is -2.54. The lowest BCUT2D eigenvalue weighted by atomic mass is 10.0. The molecule has 0 bridgehead atoms. The molecule has 3 aliphatic heterocycles. The first-order valence-corrected chi connectivity index (χ1v) is 6.12. The molecule has 3 heterocycles. The number of hydrogen-bond donors (Lipinski definition) is 2. The summed E-state index contributed by atoms with van der Waals surface area (Å²) in [7, 11) is 0. The van der Waals surface area contributed by atoms with Gasteiger partial charge in [-0.2, -0.15) is 0 Å². The van der Waals surface area contributed by atoms with Gasteiger partial charge in [-0.1, -0.05) is 0 Å². The van der Waals surface area contributed by atoms with Crippen LogP contribution in [0.5, 0.6) is 0 Å². The Balaban J connectivity index is 1.86. The van der Waals surface area contributed by atoms with E-state index in [4.69, 9.17) is 0 Å². The lowest BCUT2D eigenvalue weighted by Gasteiger charge is -2.34. The molecule has 0 amide bonds. The average Bonchev–Trinajstić information content (AvgIpc) is 2.58. The molecule has 3 fully saturated rings. The molecule has 0 aliphatic carbocycles. The fraction of sp³-hybridized carbons (Fsp3) is 1.00. The summed E-state index contributed by atoms with van der Waals surface area (Å²) in [6.45, 7) is 5.99. The Kier molecular flexibility index (Phi) is 1.88. The van der Waals surface area contributed by atoms with E-state index in [-0.39, 0.29) is 0 Å². The standard InChI is InChI=1S/C9H17N3S/c1-9-4-7-5-10-2-3-12(7)8(9)11-6-13-9/h7-8,10-11H,2-6H2,1H3. The van der Waals surface area contributed by atoms with Crippen molar-refractivity contribution in [1.29, 1.82) is 0 Å². The molecular weight excluding hydrogens is 182 g/mol. The van der Waals surface area contributed by atoms with E-state index in [9.17, 15) is 0 Å². The third-order valence-corrected chi connectivity index (χ3v) is 4.99. The molecule has 2 N–H and O–H groups in total. The first-order valence-electron chi connectivity index (χ1n) is 5.13. The van der Waals surface area contributed by atoms with Crippen LogP contribution in [0.25, 0.3) is 0 Å². The number of nitrogens with one attached hydrogen (secondary N) is 2. The van der Waals surface area contributed by atoms with Crippen molar-refractivity contribution >= 4 is 11.8 Å². The maximum atomic E-state index is 3.62. The first-order chi connectivity index (χ1) is 6.30. The van der Waals surface area contributed by atoms with Crippen molar-refractivity contribution in [3.8, 4) is 0 Å². The second kappa shape index (κ2) is 2.86. The van der Waals surface area contributed by atoms with Gasteiger partial charge in [-0.05, 0) is 13.3 Å². The van der Waals surface area contributed by atoms with Gasteiger partial charge in [0.25, 0.3) is 0 Å². The summed E-state index contributed by atoms with van der Waals surface area (Å²) < 4.78 is 0.483. The number of nitrogens with zero attached hydrogens (tertiary/aromatic N) is 1. The van der Waals surface area contributed by atoms with E-state index in [1.54, 1.807) is 0 Å². The van der Waals surface area contributed by atoms with Crippen LogP contribution < -0.4 is 10.6 Å². The minimum Gasteiger partial charge on any atom is -0.314 e. The van der Waals surface area contributed by atoms with E-state index < -0.39 is 0 Å². The Morgan fingerprint density at radius 1 is 1.54 bits per heavy atom. The lowest BCUT2D eigenvalue weighted by molar-refractivity contribution is 0.143. The van der Waals surface area contributed by atoms with Gasteiger partial charge in [0.05, 0.1) is 6.17 Å². The van der Waals surface area contributed by atoms with Crippen LogP contribution in [0.1, 0.15) is 13.3 Å². The van der Waals surface area contributed by atoms with Crippen LogP contribution in [-0.4, -0.2) is 47.4 Å². The van der Waals surface area contributed by atoms with Gasteiger partial charge in [-0.3, -0.25) is 10.2 Å². The number of piperazine rings is 1. The van der Waals surface area contributed by atoms with Crippen molar-refractivity contribution in [1.82, 2.24) is 15.5 Å². The Hall–Kier alpha value is 0.230. The van der Waals surface area contributed by atoms with E-state index in [0.29, 0.717) is 10.9 Å².